The van der Waals surface area contributed by atoms with Gasteiger partial charge in [0.15, 0.2) is 0 Å². The van der Waals surface area contributed by atoms with Crippen LogP contribution in [0, 0.1) is 0 Å². The summed E-state index contributed by atoms with van der Waals surface area (Å²) in [4.78, 5) is 0. The van der Waals surface area contributed by atoms with Crippen LogP contribution in [0.25, 0.3) is 49.4 Å². The number of hydrogen-bond donors (Lipinski definition) is 0. The fourth-order valence-electron chi connectivity index (χ4n) is 7.00. The topological polar surface area (TPSA) is 55.4 Å². The fraction of sp³-hybridized carbons (Fsp3) is 0.571. The van der Waals surface area contributed by atoms with Crippen molar-refractivity contribution in [3.63, 3.8) is 0 Å². The molecule has 0 unspecified atom stereocenters. The van der Waals surface area contributed by atoms with Crippen LogP contribution < -0.4 is 37.3 Å². The van der Waals surface area contributed by atoms with Gasteiger partial charge in [-0.15, -0.1) is 0 Å². The molecule has 1 aliphatic rings. The minimum atomic E-state index is -0.0297. The standard InChI is InChI=1S/C42H54O6Se3/c1-7-13-19-43-31-32(44-20-14-8-2)38-26-25-27-29-30-28(26)40(50-38)35(47-23-17-11-5)36(48-24-18-12-6)42(30)51-41(29)34(46-22-16-10-4)33(45-21-15-9-3)39(27)49-37(25)31/h7-24H2,1-6H3/q+1. The van der Waals surface area contributed by atoms with Gasteiger partial charge in [-0.2, -0.15) is 0 Å². The summed E-state index contributed by atoms with van der Waals surface area (Å²) < 4.78 is 49.3. The summed E-state index contributed by atoms with van der Waals surface area (Å²) in [5.74, 6) is 5.92. The van der Waals surface area contributed by atoms with Gasteiger partial charge in [0.05, 0.1) is 0 Å². The van der Waals surface area contributed by atoms with E-state index in [0.717, 1.165) is 112 Å². The average Bonchev–Trinajstić information content (AvgIpc) is 3.83. The van der Waals surface area contributed by atoms with E-state index >= 15 is 0 Å². The Morgan fingerprint density at radius 3 is 0.843 bits per heavy atom. The van der Waals surface area contributed by atoms with Crippen molar-refractivity contribution in [3.8, 4) is 34.5 Å². The predicted molar refractivity (Wildman–Crippen MR) is 218 cm³/mol. The van der Waals surface area contributed by atoms with Crippen molar-refractivity contribution >= 4 is 102 Å². The van der Waals surface area contributed by atoms with E-state index in [1.807, 2.05) is 0 Å². The zero-order chi connectivity index (χ0) is 35.5. The summed E-state index contributed by atoms with van der Waals surface area (Å²) >= 11 is -0.0892. The quantitative estimate of drug-likeness (QED) is 0.0343. The van der Waals surface area contributed by atoms with Crippen LogP contribution in [0.2, 0.25) is 0 Å². The molecular formula is C42H54O6Se3+. The van der Waals surface area contributed by atoms with E-state index in [-0.39, 0.29) is 44.0 Å². The molecule has 275 valence electrons. The van der Waals surface area contributed by atoms with E-state index in [1.54, 1.807) is 0 Å². The van der Waals surface area contributed by atoms with Crippen LogP contribution in [0.4, 0.5) is 0 Å². The first-order chi connectivity index (χ1) is 25.1. The molecule has 0 N–H and O–H groups in total. The Hall–Kier alpha value is -1.98. The zero-order valence-electron chi connectivity index (χ0n) is 31.4. The monoisotopic (exact) mass is 894 g/mol. The molecule has 0 fully saturated rings. The second-order valence-electron chi connectivity index (χ2n) is 13.7. The van der Waals surface area contributed by atoms with Crippen LogP contribution in [0.5, 0.6) is 34.5 Å². The molecule has 3 heterocycles. The normalized spacial score (nSPS) is 12.7. The summed E-state index contributed by atoms with van der Waals surface area (Å²) in [6, 6.07) is 0. The van der Waals surface area contributed by atoms with E-state index in [4.69, 9.17) is 28.4 Å². The van der Waals surface area contributed by atoms with Gasteiger partial charge in [-0.3, -0.25) is 0 Å². The van der Waals surface area contributed by atoms with E-state index < -0.39 is 0 Å². The van der Waals surface area contributed by atoms with Gasteiger partial charge in [0.25, 0.3) is 0 Å². The Morgan fingerprint density at radius 1 is 0.333 bits per heavy atom. The molecule has 4 aromatic carbocycles. The van der Waals surface area contributed by atoms with Crippen molar-refractivity contribution in [2.24, 2.45) is 0 Å². The summed E-state index contributed by atoms with van der Waals surface area (Å²) in [6.45, 7) is 17.6. The van der Waals surface area contributed by atoms with Crippen molar-refractivity contribution in [1.82, 2.24) is 0 Å². The van der Waals surface area contributed by atoms with Gasteiger partial charge in [-0.05, 0) is 0 Å². The Morgan fingerprint density at radius 2 is 0.569 bits per heavy atom. The second kappa shape index (κ2) is 17.0. The van der Waals surface area contributed by atoms with Gasteiger partial charge >= 0.3 is 323 Å². The van der Waals surface area contributed by atoms with Crippen LogP contribution in [0.1, 0.15) is 119 Å². The molecule has 0 bridgehead atoms. The molecule has 2 aromatic heterocycles. The van der Waals surface area contributed by atoms with Crippen LogP contribution >= 0.6 is 0 Å². The molecule has 1 radical (unpaired) electrons. The SMILES string of the molecule is CCCCOc1c(OCCCC)c2[se]c3c(OCCCC)c(OCCCC)c4[se]c5c(OCCCC)c(OCCCC)c6c7c(c1[Se+]6)c2c3c4c57. The molecular weight excluding hydrogens is 837 g/mol. The summed E-state index contributed by atoms with van der Waals surface area (Å²) in [5.41, 5.74) is 0. The van der Waals surface area contributed by atoms with Crippen molar-refractivity contribution < 1.29 is 28.4 Å². The summed E-state index contributed by atoms with van der Waals surface area (Å²) in [5, 5.41) is 8.34. The molecule has 0 atom stereocenters. The predicted octanol–water partition coefficient (Wildman–Crippen LogP) is 9.48. The Bertz CT molecular complexity index is 1930. The van der Waals surface area contributed by atoms with Gasteiger partial charge in [0.1, 0.15) is 0 Å². The van der Waals surface area contributed by atoms with E-state index in [0.29, 0.717) is 39.6 Å². The first kappa shape index (κ1) is 37.3. The third-order valence-electron chi connectivity index (χ3n) is 9.80. The Balaban J connectivity index is 1.62. The summed E-state index contributed by atoms with van der Waals surface area (Å²) in [6.07, 6.45) is 12.7. The zero-order valence-corrected chi connectivity index (χ0v) is 36.5. The third kappa shape index (κ3) is 6.61. The Kier molecular flexibility index (Phi) is 12.4. The second-order valence-corrected chi connectivity index (χ2v) is 20.1. The molecule has 0 saturated carbocycles. The molecule has 0 aliphatic carbocycles. The molecule has 0 spiro atoms. The number of unbranched alkanes of at least 4 members (excludes halogenated alkanes) is 6. The number of rotatable bonds is 24. The van der Waals surface area contributed by atoms with Crippen LogP contribution in [-0.4, -0.2) is 83.6 Å². The van der Waals surface area contributed by atoms with Crippen molar-refractivity contribution in [3.05, 3.63) is 0 Å². The Labute approximate surface area is 321 Å². The van der Waals surface area contributed by atoms with Crippen LogP contribution in [-0.2, 0) is 0 Å². The average molecular weight is 892 g/mol. The molecule has 9 heteroatoms. The number of hydrogen-bond acceptors (Lipinski definition) is 6. The molecule has 7 rings (SSSR count). The van der Waals surface area contributed by atoms with Crippen molar-refractivity contribution in [2.75, 3.05) is 39.6 Å². The minimum absolute atomic E-state index is 0.0297. The van der Waals surface area contributed by atoms with Gasteiger partial charge in [0.2, 0.25) is 0 Å². The number of benzene rings is 4. The van der Waals surface area contributed by atoms with Gasteiger partial charge < -0.3 is 0 Å². The maximum absolute atomic E-state index is 6.89. The first-order valence-electron chi connectivity index (χ1n) is 19.7. The van der Waals surface area contributed by atoms with E-state index in [2.05, 4.69) is 41.5 Å². The molecule has 51 heavy (non-hydrogen) atoms. The maximum atomic E-state index is 6.89. The third-order valence-corrected chi connectivity index (χ3v) is 17.3. The van der Waals surface area contributed by atoms with Crippen molar-refractivity contribution in [1.29, 1.82) is 0 Å². The molecule has 0 amide bonds. The van der Waals surface area contributed by atoms with Crippen LogP contribution in [0.3, 0.4) is 0 Å². The van der Waals surface area contributed by atoms with Gasteiger partial charge in [0, 0.05) is 0 Å². The van der Waals surface area contributed by atoms with Gasteiger partial charge in [-0.25, -0.2) is 0 Å². The first-order valence-corrected chi connectivity index (χ1v) is 24.8. The number of ether oxygens (including phenoxy) is 6. The van der Waals surface area contributed by atoms with Gasteiger partial charge in [-0.1, -0.05) is 0 Å². The van der Waals surface area contributed by atoms with E-state index in [9.17, 15) is 0 Å². The molecule has 6 nitrogen and oxygen atoms in total. The molecule has 1 aliphatic heterocycles. The summed E-state index contributed by atoms with van der Waals surface area (Å²) in [7, 11) is 0. The van der Waals surface area contributed by atoms with E-state index in [1.165, 1.54) is 58.3 Å². The van der Waals surface area contributed by atoms with Crippen LogP contribution in [0.15, 0.2) is 0 Å². The van der Waals surface area contributed by atoms with Crippen molar-refractivity contribution in [2.45, 2.75) is 119 Å². The molecule has 6 aromatic rings. The molecule has 0 saturated heterocycles. The fourth-order valence-corrected chi connectivity index (χ4v) is 15.2.